The van der Waals surface area contributed by atoms with Crippen LogP contribution in [0.4, 0.5) is 10.3 Å². The van der Waals surface area contributed by atoms with E-state index in [9.17, 15) is 9.18 Å². The molecule has 1 N–H and O–H groups in total. The Morgan fingerprint density at radius 1 is 1.21 bits per heavy atom. The summed E-state index contributed by atoms with van der Waals surface area (Å²) in [6.45, 7) is 2.61. The lowest BCUT2D eigenvalue weighted by atomic mass is 10.1. The molecule has 144 valence electrons. The Hall–Kier alpha value is -2.99. The second-order valence-corrected chi connectivity index (χ2v) is 7.22. The molecule has 1 aromatic heterocycles. The molecule has 28 heavy (non-hydrogen) atoms. The molecule has 1 heterocycles. The fourth-order valence-electron chi connectivity index (χ4n) is 3.16. The van der Waals surface area contributed by atoms with Crippen LogP contribution in [0.5, 0.6) is 0 Å². The molecule has 0 aliphatic heterocycles. The van der Waals surface area contributed by atoms with Crippen LogP contribution >= 0.6 is 0 Å². The number of amides is 1. The molecule has 0 saturated heterocycles. The third-order valence-electron chi connectivity index (χ3n) is 4.86. The smallest absolute Gasteiger partial charge is 0.240 e. The maximum atomic E-state index is 14.0. The third kappa shape index (κ3) is 4.46. The van der Waals surface area contributed by atoms with E-state index < -0.39 is 0 Å². The van der Waals surface area contributed by atoms with Crippen LogP contribution in [0.25, 0.3) is 11.3 Å². The minimum absolute atomic E-state index is 0.180. The van der Waals surface area contributed by atoms with Crippen LogP contribution in [-0.4, -0.2) is 28.6 Å². The number of benzene rings is 2. The molecule has 1 fully saturated rings. The Morgan fingerprint density at radius 2 is 1.96 bits per heavy atom. The second-order valence-electron chi connectivity index (χ2n) is 7.22. The number of rotatable bonds is 7. The molecule has 0 atom stereocenters. The van der Waals surface area contributed by atoms with Crippen molar-refractivity contribution < 1.29 is 13.7 Å². The first-order chi connectivity index (χ1) is 13.6. The summed E-state index contributed by atoms with van der Waals surface area (Å²) in [6.07, 6.45) is 2.06. The number of aromatic nitrogens is 1. The fourth-order valence-corrected chi connectivity index (χ4v) is 3.16. The average Bonchev–Trinajstić information content (AvgIpc) is 3.43. The van der Waals surface area contributed by atoms with Gasteiger partial charge in [-0.05, 0) is 25.8 Å². The Kier molecular flexibility index (Phi) is 5.21. The molecule has 1 aliphatic carbocycles. The topological polar surface area (TPSA) is 58.4 Å². The maximum Gasteiger partial charge on any atom is 0.240 e. The Balaban J connectivity index is 1.39. The first-order valence-electron chi connectivity index (χ1n) is 9.39. The summed E-state index contributed by atoms with van der Waals surface area (Å²) in [5.41, 5.74) is 3.36. The summed E-state index contributed by atoms with van der Waals surface area (Å²) < 4.78 is 19.2. The predicted molar refractivity (Wildman–Crippen MR) is 105 cm³/mol. The van der Waals surface area contributed by atoms with Crippen molar-refractivity contribution in [3.8, 4) is 11.3 Å². The van der Waals surface area contributed by atoms with Gasteiger partial charge in [-0.3, -0.25) is 15.0 Å². The number of halogens is 1. The first-order valence-corrected chi connectivity index (χ1v) is 9.39. The van der Waals surface area contributed by atoms with Gasteiger partial charge in [-0.15, -0.1) is 0 Å². The number of hydrogen-bond donors (Lipinski definition) is 1. The van der Waals surface area contributed by atoms with E-state index in [0.717, 1.165) is 24.0 Å². The monoisotopic (exact) mass is 379 g/mol. The molecule has 0 radical (unpaired) electrons. The van der Waals surface area contributed by atoms with Gasteiger partial charge in [0.15, 0.2) is 0 Å². The lowest BCUT2D eigenvalue weighted by Gasteiger charge is -2.21. The van der Waals surface area contributed by atoms with Gasteiger partial charge in [-0.25, -0.2) is 4.39 Å². The molecule has 0 unspecified atom stereocenters. The number of carbonyl (C=O) groups excluding carboxylic acids is 1. The molecule has 0 spiro atoms. The summed E-state index contributed by atoms with van der Waals surface area (Å²) in [5.74, 6) is -0.136. The number of aryl methyl sites for hydroxylation is 1. The van der Waals surface area contributed by atoms with E-state index in [4.69, 9.17) is 4.52 Å². The molecule has 3 aromatic rings. The van der Waals surface area contributed by atoms with Gasteiger partial charge in [0.25, 0.3) is 0 Å². The van der Waals surface area contributed by atoms with Gasteiger partial charge in [0.05, 0.1) is 6.54 Å². The van der Waals surface area contributed by atoms with Crippen molar-refractivity contribution in [2.75, 3.05) is 11.9 Å². The van der Waals surface area contributed by atoms with Crippen LogP contribution in [0.1, 0.15) is 24.0 Å². The quantitative estimate of drug-likeness (QED) is 0.661. The number of anilines is 1. The summed E-state index contributed by atoms with van der Waals surface area (Å²) in [4.78, 5) is 14.5. The molecule has 1 aliphatic rings. The summed E-state index contributed by atoms with van der Waals surface area (Å²) in [5, 5.41) is 6.78. The summed E-state index contributed by atoms with van der Waals surface area (Å²) in [7, 11) is 0. The standard InChI is InChI=1S/C22H22FN3O2/c1-15-6-8-16(9-7-15)20-12-22(28-25-20)24-21(27)14-26(18-10-11-18)13-17-4-2-3-5-19(17)23/h2-9,12,18H,10-11,13-14H2,1H3,(H,24,27). The van der Waals surface area contributed by atoms with Crippen LogP contribution in [0.3, 0.4) is 0 Å². The predicted octanol–water partition coefficient (Wildman–Crippen LogP) is 4.39. The van der Waals surface area contributed by atoms with Gasteiger partial charge in [0, 0.05) is 29.8 Å². The minimum atomic E-state index is -0.244. The van der Waals surface area contributed by atoms with Gasteiger partial charge in [0.2, 0.25) is 11.8 Å². The molecule has 2 aromatic carbocycles. The zero-order chi connectivity index (χ0) is 19.5. The van der Waals surface area contributed by atoms with Crippen molar-refractivity contribution in [1.82, 2.24) is 10.1 Å². The highest BCUT2D eigenvalue weighted by atomic mass is 19.1. The van der Waals surface area contributed by atoms with Crippen LogP contribution in [0.15, 0.2) is 59.1 Å². The van der Waals surface area contributed by atoms with E-state index in [-0.39, 0.29) is 18.3 Å². The average molecular weight is 379 g/mol. The molecular formula is C22H22FN3O2. The summed E-state index contributed by atoms with van der Waals surface area (Å²) in [6, 6.07) is 16.6. The minimum Gasteiger partial charge on any atom is -0.338 e. The molecule has 4 rings (SSSR count). The SMILES string of the molecule is Cc1ccc(-c2cc(NC(=O)CN(Cc3ccccc3F)C3CC3)on2)cc1. The third-order valence-corrected chi connectivity index (χ3v) is 4.86. The molecule has 1 amide bonds. The van der Waals surface area contributed by atoms with Gasteiger partial charge < -0.3 is 4.52 Å². The van der Waals surface area contributed by atoms with Gasteiger partial charge >= 0.3 is 0 Å². The van der Waals surface area contributed by atoms with E-state index in [2.05, 4.69) is 10.5 Å². The lowest BCUT2D eigenvalue weighted by molar-refractivity contribution is -0.117. The van der Waals surface area contributed by atoms with Gasteiger partial charge in [0.1, 0.15) is 11.5 Å². The molecular weight excluding hydrogens is 357 g/mol. The van der Waals surface area contributed by atoms with E-state index in [0.29, 0.717) is 29.7 Å². The molecule has 0 bridgehead atoms. The van der Waals surface area contributed by atoms with Crippen LogP contribution < -0.4 is 5.32 Å². The van der Waals surface area contributed by atoms with Crippen LogP contribution in [0, 0.1) is 12.7 Å². The van der Waals surface area contributed by atoms with Crippen molar-refractivity contribution in [3.05, 3.63) is 71.5 Å². The van der Waals surface area contributed by atoms with Gasteiger partial charge in [-0.1, -0.05) is 53.2 Å². The lowest BCUT2D eigenvalue weighted by Crippen LogP contribution is -2.34. The number of carbonyl (C=O) groups is 1. The zero-order valence-electron chi connectivity index (χ0n) is 15.7. The first kappa shape index (κ1) is 18.4. The molecule has 1 saturated carbocycles. The van der Waals surface area contributed by atoms with Crippen molar-refractivity contribution in [1.29, 1.82) is 0 Å². The highest BCUT2D eigenvalue weighted by Crippen LogP contribution is 2.29. The Labute approximate surface area is 163 Å². The van der Waals surface area contributed by atoms with E-state index >= 15 is 0 Å². The Bertz CT molecular complexity index is 964. The van der Waals surface area contributed by atoms with Crippen molar-refractivity contribution in [3.63, 3.8) is 0 Å². The van der Waals surface area contributed by atoms with E-state index in [1.54, 1.807) is 18.2 Å². The number of nitrogens with one attached hydrogen (secondary N) is 1. The van der Waals surface area contributed by atoms with Crippen LogP contribution in [-0.2, 0) is 11.3 Å². The van der Waals surface area contributed by atoms with Gasteiger partial charge in [-0.2, -0.15) is 0 Å². The fraction of sp³-hybridized carbons (Fsp3) is 0.273. The van der Waals surface area contributed by atoms with Crippen molar-refractivity contribution >= 4 is 11.8 Å². The molecule has 6 heteroatoms. The largest absolute Gasteiger partial charge is 0.338 e. The Morgan fingerprint density at radius 3 is 2.68 bits per heavy atom. The second kappa shape index (κ2) is 7.94. The number of hydrogen-bond acceptors (Lipinski definition) is 4. The highest BCUT2D eigenvalue weighted by molar-refractivity contribution is 5.91. The molecule has 5 nitrogen and oxygen atoms in total. The maximum absolute atomic E-state index is 14.0. The summed E-state index contributed by atoms with van der Waals surface area (Å²) >= 11 is 0. The number of nitrogens with zero attached hydrogens (tertiary/aromatic N) is 2. The zero-order valence-corrected chi connectivity index (χ0v) is 15.7. The van der Waals surface area contributed by atoms with Crippen LogP contribution in [0.2, 0.25) is 0 Å². The van der Waals surface area contributed by atoms with Crippen molar-refractivity contribution in [2.45, 2.75) is 32.4 Å². The normalized spacial score (nSPS) is 13.7. The highest BCUT2D eigenvalue weighted by Gasteiger charge is 2.31. The van der Waals surface area contributed by atoms with Crippen molar-refractivity contribution in [2.24, 2.45) is 0 Å². The van der Waals surface area contributed by atoms with E-state index in [1.807, 2.05) is 42.2 Å². The van der Waals surface area contributed by atoms with E-state index in [1.165, 1.54) is 6.07 Å².